The summed E-state index contributed by atoms with van der Waals surface area (Å²) in [4.78, 5) is 16.5. The molecule has 0 spiro atoms. The molecule has 6 heteroatoms. The zero-order chi connectivity index (χ0) is 14.7. The van der Waals surface area contributed by atoms with Crippen molar-refractivity contribution in [3.8, 4) is 5.75 Å². The van der Waals surface area contributed by atoms with E-state index in [1.54, 1.807) is 14.2 Å². The summed E-state index contributed by atoms with van der Waals surface area (Å²) in [6.45, 7) is 1.84. The number of fused-ring (bicyclic) bond motifs is 1. The first kappa shape index (κ1) is 14.7. The summed E-state index contributed by atoms with van der Waals surface area (Å²) < 4.78 is 7.25. The number of carbonyl (C=O) groups is 1. The normalized spacial score (nSPS) is 12.4. The Balaban J connectivity index is 2.66. The van der Waals surface area contributed by atoms with Crippen LogP contribution in [0.15, 0.2) is 18.2 Å². The molecule has 1 aromatic heterocycles. The minimum Gasteiger partial charge on any atom is -0.494 e. The number of benzene rings is 1. The van der Waals surface area contributed by atoms with Crippen LogP contribution in [0, 0.1) is 0 Å². The van der Waals surface area contributed by atoms with E-state index < -0.39 is 0 Å². The molecule has 0 bridgehead atoms. The number of aromatic nitrogens is 2. The molecule has 0 saturated heterocycles. The number of amides is 1. The molecule has 0 aliphatic carbocycles. The zero-order valence-electron chi connectivity index (χ0n) is 11.8. The van der Waals surface area contributed by atoms with Crippen molar-refractivity contribution in [2.75, 3.05) is 20.0 Å². The molecule has 20 heavy (non-hydrogen) atoms. The first-order chi connectivity index (χ1) is 9.63. The Kier molecular flexibility index (Phi) is 4.49. The summed E-state index contributed by atoms with van der Waals surface area (Å²) in [7, 11) is 3.23. The summed E-state index contributed by atoms with van der Waals surface area (Å²) in [6.07, 6.45) is 0.598. The van der Waals surface area contributed by atoms with Gasteiger partial charge in [0.05, 0.1) is 12.6 Å². The van der Waals surface area contributed by atoms with Gasteiger partial charge in [-0.25, -0.2) is 4.98 Å². The van der Waals surface area contributed by atoms with E-state index in [-0.39, 0.29) is 11.9 Å². The van der Waals surface area contributed by atoms with Crippen molar-refractivity contribution >= 4 is 28.5 Å². The van der Waals surface area contributed by atoms with Crippen LogP contribution in [0.5, 0.6) is 5.75 Å². The van der Waals surface area contributed by atoms with Gasteiger partial charge in [0.1, 0.15) is 23.1 Å². The van der Waals surface area contributed by atoms with Gasteiger partial charge in [0.15, 0.2) is 0 Å². The van der Waals surface area contributed by atoms with Crippen LogP contribution in [0.25, 0.3) is 11.0 Å². The van der Waals surface area contributed by atoms with Gasteiger partial charge in [-0.15, -0.1) is 11.6 Å². The lowest BCUT2D eigenvalue weighted by Gasteiger charge is -2.16. The second kappa shape index (κ2) is 6.13. The van der Waals surface area contributed by atoms with Gasteiger partial charge in [0.25, 0.3) is 0 Å². The number of para-hydroxylation sites is 1. The van der Waals surface area contributed by atoms with Crippen LogP contribution >= 0.6 is 11.6 Å². The fourth-order valence-electron chi connectivity index (χ4n) is 2.32. The first-order valence-corrected chi connectivity index (χ1v) is 6.98. The summed E-state index contributed by atoms with van der Waals surface area (Å²) in [5.41, 5.74) is 1.63. The smallest absolute Gasteiger partial charge is 0.242 e. The van der Waals surface area contributed by atoms with Gasteiger partial charge in [-0.1, -0.05) is 6.07 Å². The molecule has 1 heterocycles. The predicted molar refractivity (Wildman–Crippen MR) is 79.5 cm³/mol. The average Bonchev–Trinajstić information content (AvgIpc) is 2.83. The summed E-state index contributed by atoms with van der Waals surface area (Å²) in [5, 5.41) is 2.66. The molecule has 0 aliphatic heterocycles. The van der Waals surface area contributed by atoms with Crippen LogP contribution in [0.3, 0.4) is 0 Å². The maximum atomic E-state index is 11.9. The molecule has 0 fully saturated rings. The van der Waals surface area contributed by atoms with Crippen molar-refractivity contribution in [2.45, 2.75) is 19.4 Å². The van der Waals surface area contributed by atoms with E-state index in [4.69, 9.17) is 16.3 Å². The van der Waals surface area contributed by atoms with Gasteiger partial charge >= 0.3 is 0 Å². The largest absolute Gasteiger partial charge is 0.494 e. The molecule has 1 aromatic carbocycles. The Morgan fingerprint density at radius 2 is 2.30 bits per heavy atom. The number of hydrogen-bond acceptors (Lipinski definition) is 3. The highest BCUT2D eigenvalue weighted by Crippen LogP contribution is 2.28. The van der Waals surface area contributed by atoms with Crippen molar-refractivity contribution in [3.05, 3.63) is 24.0 Å². The van der Waals surface area contributed by atoms with Crippen LogP contribution in [-0.4, -0.2) is 35.5 Å². The van der Waals surface area contributed by atoms with E-state index in [0.717, 1.165) is 16.9 Å². The third kappa shape index (κ3) is 2.45. The van der Waals surface area contributed by atoms with E-state index in [9.17, 15) is 4.79 Å². The number of carbonyl (C=O) groups excluding carboxylic acids is 1. The molecule has 0 aliphatic rings. The second-order valence-electron chi connectivity index (χ2n) is 4.46. The molecule has 0 radical (unpaired) electrons. The Morgan fingerprint density at radius 1 is 1.55 bits per heavy atom. The summed E-state index contributed by atoms with van der Waals surface area (Å²) >= 11 is 5.84. The summed E-state index contributed by atoms with van der Waals surface area (Å²) in [5.74, 6) is 1.87. The molecule has 5 nitrogen and oxygen atoms in total. The van der Waals surface area contributed by atoms with Gasteiger partial charge in [0.2, 0.25) is 5.91 Å². The fourth-order valence-corrected chi connectivity index (χ4v) is 2.49. The number of hydrogen-bond donors (Lipinski definition) is 1. The van der Waals surface area contributed by atoms with Crippen molar-refractivity contribution in [1.82, 2.24) is 14.9 Å². The van der Waals surface area contributed by atoms with Crippen molar-refractivity contribution in [3.63, 3.8) is 0 Å². The molecule has 1 unspecified atom stereocenters. The van der Waals surface area contributed by atoms with Gasteiger partial charge in [-0.3, -0.25) is 4.79 Å². The number of alkyl halides is 1. The first-order valence-electron chi connectivity index (χ1n) is 6.45. The van der Waals surface area contributed by atoms with E-state index in [1.165, 1.54) is 0 Å². The molecule has 2 rings (SSSR count). The van der Waals surface area contributed by atoms with Crippen LogP contribution in [0.1, 0.15) is 18.8 Å². The van der Waals surface area contributed by atoms with Crippen LogP contribution in [0.2, 0.25) is 0 Å². The van der Waals surface area contributed by atoms with Gasteiger partial charge in [0, 0.05) is 19.3 Å². The Hall–Kier alpha value is -1.75. The number of likely N-dealkylation sites (N-methyl/N-ethyl adjacent to an activating group) is 1. The van der Waals surface area contributed by atoms with Crippen LogP contribution < -0.4 is 10.1 Å². The SMILES string of the molecule is CNC(=O)C(C)n1c(CCCl)nc2c(OC)cccc21. The third-order valence-electron chi connectivity index (χ3n) is 3.31. The number of rotatable bonds is 5. The van der Waals surface area contributed by atoms with Crippen molar-refractivity contribution in [2.24, 2.45) is 0 Å². The molecule has 0 saturated carbocycles. The predicted octanol–water partition coefficient (Wildman–Crippen LogP) is 2.13. The zero-order valence-corrected chi connectivity index (χ0v) is 12.6. The molecule has 108 valence electrons. The monoisotopic (exact) mass is 295 g/mol. The lowest BCUT2D eigenvalue weighted by Crippen LogP contribution is -2.28. The number of halogens is 1. The maximum Gasteiger partial charge on any atom is 0.242 e. The summed E-state index contributed by atoms with van der Waals surface area (Å²) in [6, 6.07) is 5.33. The molecule has 1 N–H and O–H groups in total. The quantitative estimate of drug-likeness (QED) is 0.860. The Morgan fingerprint density at radius 3 is 2.90 bits per heavy atom. The highest BCUT2D eigenvalue weighted by atomic mass is 35.5. The average molecular weight is 296 g/mol. The van der Waals surface area contributed by atoms with E-state index in [0.29, 0.717) is 18.1 Å². The standard InChI is InChI=1S/C14H18ClN3O2/c1-9(14(19)16-2)18-10-5-4-6-11(20-3)13(10)17-12(18)7-8-15/h4-6,9H,7-8H2,1-3H3,(H,16,19). The highest BCUT2D eigenvalue weighted by molar-refractivity contribution is 6.18. The lowest BCUT2D eigenvalue weighted by atomic mass is 10.2. The highest BCUT2D eigenvalue weighted by Gasteiger charge is 2.21. The minimum atomic E-state index is -0.352. The Labute approximate surface area is 122 Å². The van der Waals surface area contributed by atoms with Crippen molar-refractivity contribution in [1.29, 1.82) is 0 Å². The van der Waals surface area contributed by atoms with E-state index in [2.05, 4.69) is 10.3 Å². The maximum absolute atomic E-state index is 11.9. The van der Waals surface area contributed by atoms with Gasteiger partial charge in [-0.2, -0.15) is 0 Å². The molecule has 1 atom stereocenters. The van der Waals surface area contributed by atoms with Crippen LogP contribution in [-0.2, 0) is 11.2 Å². The van der Waals surface area contributed by atoms with Crippen LogP contribution in [0.4, 0.5) is 0 Å². The molecular weight excluding hydrogens is 278 g/mol. The number of aryl methyl sites for hydroxylation is 1. The third-order valence-corrected chi connectivity index (χ3v) is 3.50. The number of nitrogens with zero attached hydrogens (tertiary/aromatic N) is 2. The van der Waals surface area contributed by atoms with E-state index in [1.807, 2.05) is 29.7 Å². The number of nitrogens with one attached hydrogen (secondary N) is 1. The number of methoxy groups -OCH3 is 1. The van der Waals surface area contributed by atoms with Crippen molar-refractivity contribution < 1.29 is 9.53 Å². The lowest BCUT2D eigenvalue weighted by molar-refractivity contribution is -0.123. The van der Waals surface area contributed by atoms with E-state index >= 15 is 0 Å². The van der Waals surface area contributed by atoms with Gasteiger partial charge in [-0.05, 0) is 19.1 Å². The molecule has 1 amide bonds. The fraction of sp³-hybridized carbons (Fsp3) is 0.429. The second-order valence-corrected chi connectivity index (χ2v) is 4.83. The number of ether oxygens (including phenoxy) is 1. The number of imidazole rings is 1. The minimum absolute atomic E-state index is 0.0667. The Bertz CT molecular complexity index is 624. The topological polar surface area (TPSA) is 56.2 Å². The van der Waals surface area contributed by atoms with Gasteiger partial charge < -0.3 is 14.6 Å². The molecule has 2 aromatic rings. The molecular formula is C14H18ClN3O2.